The molecule has 0 aliphatic rings. The van der Waals surface area contributed by atoms with Crippen LogP contribution in [0, 0.1) is 5.92 Å². The van der Waals surface area contributed by atoms with Crippen molar-refractivity contribution in [3.63, 3.8) is 0 Å². The first-order chi connectivity index (χ1) is 8.16. The summed E-state index contributed by atoms with van der Waals surface area (Å²) in [5.41, 5.74) is 5.95. The molecule has 0 bridgehead atoms. The summed E-state index contributed by atoms with van der Waals surface area (Å²) in [5.74, 6) is 0.869. The van der Waals surface area contributed by atoms with Gasteiger partial charge in [0.1, 0.15) is 0 Å². The number of nitrogens with one attached hydrogen (secondary N) is 1. The predicted molar refractivity (Wildman–Crippen MR) is 78.3 cm³/mol. The van der Waals surface area contributed by atoms with Gasteiger partial charge in [0.05, 0.1) is 0 Å². The Hall–Kier alpha value is -0.0800. The molecule has 1 unspecified atom stereocenters. The Morgan fingerprint density at radius 2 is 1.59 bits per heavy atom. The minimum absolute atomic E-state index is 0.401. The molecule has 17 heavy (non-hydrogen) atoms. The molecule has 0 amide bonds. The van der Waals surface area contributed by atoms with Crippen molar-refractivity contribution in [2.45, 2.75) is 78.2 Å². The van der Waals surface area contributed by atoms with Crippen molar-refractivity contribution < 1.29 is 0 Å². The molecule has 2 heteroatoms. The predicted octanol–water partition coefficient (Wildman–Crippen LogP) is 3.70. The van der Waals surface area contributed by atoms with Crippen molar-refractivity contribution >= 4 is 0 Å². The van der Waals surface area contributed by atoms with Crippen LogP contribution in [0.2, 0.25) is 0 Å². The van der Waals surface area contributed by atoms with Crippen molar-refractivity contribution in [3.8, 4) is 0 Å². The summed E-state index contributed by atoms with van der Waals surface area (Å²) in [7, 11) is 0. The smallest absolute Gasteiger partial charge is 0.00508 e. The third kappa shape index (κ3) is 13.9. The highest BCUT2D eigenvalue weighted by molar-refractivity contribution is 4.62. The first kappa shape index (κ1) is 16.9. The van der Waals surface area contributed by atoms with E-state index in [2.05, 4.69) is 26.1 Å². The van der Waals surface area contributed by atoms with Gasteiger partial charge in [-0.25, -0.2) is 0 Å². The molecule has 0 aliphatic heterocycles. The fraction of sp³-hybridized carbons (Fsp3) is 1.00. The fourth-order valence-corrected chi connectivity index (χ4v) is 2.08. The summed E-state index contributed by atoms with van der Waals surface area (Å²) in [6.07, 6.45) is 10.4. The van der Waals surface area contributed by atoms with Crippen molar-refractivity contribution in [2.75, 3.05) is 13.1 Å². The van der Waals surface area contributed by atoms with Crippen LogP contribution >= 0.6 is 0 Å². The Morgan fingerprint density at radius 3 is 2.24 bits per heavy atom. The van der Waals surface area contributed by atoms with Gasteiger partial charge in [0, 0.05) is 6.04 Å². The first-order valence-electron chi connectivity index (χ1n) is 7.63. The van der Waals surface area contributed by atoms with Crippen LogP contribution < -0.4 is 11.1 Å². The van der Waals surface area contributed by atoms with Crippen LogP contribution in [0.4, 0.5) is 0 Å². The lowest BCUT2D eigenvalue weighted by molar-refractivity contribution is 0.498. The van der Waals surface area contributed by atoms with Crippen molar-refractivity contribution in [1.29, 1.82) is 0 Å². The average molecular weight is 242 g/mol. The highest BCUT2D eigenvalue weighted by Crippen LogP contribution is 2.08. The molecule has 0 fully saturated rings. The zero-order valence-electron chi connectivity index (χ0n) is 12.3. The number of rotatable bonds is 12. The normalized spacial score (nSPS) is 13.2. The van der Waals surface area contributed by atoms with E-state index in [4.69, 9.17) is 5.73 Å². The second kappa shape index (κ2) is 12.4. The van der Waals surface area contributed by atoms with Gasteiger partial charge in [-0.3, -0.25) is 0 Å². The van der Waals surface area contributed by atoms with Crippen LogP contribution in [0.15, 0.2) is 0 Å². The van der Waals surface area contributed by atoms with E-state index in [0.29, 0.717) is 6.04 Å². The molecule has 0 saturated carbocycles. The molecule has 0 saturated heterocycles. The molecule has 1 atom stereocenters. The summed E-state index contributed by atoms with van der Waals surface area (Å²) >= 11 is 0. The summed E-state index contributed by atoms with van der Waals surface area (Å²) in [4.78, 5) is 0. The Labute approximate surface area is 109 Å². The van der Waals surface area contributed by atoms with Crippen LogP contribution in [0.5, 0.6) is 0 Å². The molecule has 104 valence electrons. The second-order valence-electron chi connectivity index (χ2n) is 5.68. The maximum absolute atomic E-state index is 5.95. The molecule has 2 nitrogen and oxygen atoms in total. The summed E-state index contributed by atoms with van der Waals surface area (Å²) in [6.45, 7) is 9.07. The lowest BCUT2D eigenvalue weighted by atomic mass is 10.0. The third-order valence-corrected chi connectivity index (χ3v) is 3.24. The van der Waals surface area contributed by atoms with Gasteiger partial charge in [-0.1, -0.05) is 52.9 Å². The van der Waals surface area contributed by atoms with Gasteiger partial charge >= 0.3 is 0 Å². The van der Waals surface area contributed by atoms with Gasteiger partial charge in [0.2, 0.25) is 0 Å². The lowest BCUT2D eigenvalue weighted by Gasteiger charge is -2.10. The minimum atomic E-state index is 0.401. The maximum Gasteiger partial charge on any atom is 0.00508 e. The fourth-order valence-electron chi connectivity index (χ4n) is 2.08. The highest BCUT2D eigenvalue weighted by atomic mass is 14.8. The summed E-state index contributed by atoms with van der Waals surface area (Å²) in [6, 6.07) is 0.401. The van der Waals surface area contributed by atoms with Gasteiger partial charge in [0.25, 0.3) is 0 Å². The van der Waals surface area contributed by atoms with Gasteiger partial charge in [-0.05, 0) is 38.3 Å². The van der Waals surface area contributed by atoms with Gasteiger partial charge in [0.15, 0.2) is 0 Å². The molecule has 0 aromatic carbocycles. The number of hydrogen-bond donors (Lipinski definition) is 2. The van der Waals surface area contributed by atoms with E-state index in [1.54, 1.807) is 0 Å². The Bertz CT molecular complexity index is 146. The topological polar surface area (TPSA) is 38.0 Å². The van der Waals surface area contributed by atoms with Crippen molar-refractivity contribution in [2.24, 2.45) is 11.7 Å². The number of nitrogens with two attached hydrogens (primary N) is 1. The molecule has 0 aromatic rings. The molecule has 0 aliphatic carbocycles. The average Bonchev–Trinajstić information content (AvgIpc) is 2.27. The van der Waals surface area contributed by atoms with Gasteiger partial charge in [-0.15, -0.1) is 0 Å². The van der Waals surface area contributed by atoms with Crippen LogP contribution in [0.1, 0.15) is 72.1 Å². The molecule has 0 aromatic heterocycles. The van der Waals surface area contributed by atoms with Crippen LogP contribution in [0.3, 0.4) is 0 Å². The third-order valence-electron chi connectivity index (χ3n) is 3.24. The molecule has 0 spiro atoms. The zero-order valence-corrected chi connectivity index (χ0v) is 12.3. The monoisotopic (exact) mass is 242 g/mol. The van der Waals surface area contributed by atoms with E-state index < -0.39 is 0 Å². The van der Waals surface area contributed by atoms with E-state index in [0.717, 1.165) is 25.3 Å². The van der Waals surface area contributed by atoms with E-state index in [-0.39, 0.29) is 0 Å². The summed E-state index contributed by atoms with van der Waals surface area (Å²) < 4.78 is 0. The number of unbranched alkanes of at least 4 members (excludes halogenated alkanes) is 3. The van der Waals surface area contributed by atoms with E-state index in [1.165, 1.54) is 45.1 Å². The second-order valence-corrected chi connectivity index (χ2v) is 5.68. The Kier molecular flexibility index (Phi) is 12.3. The van der Waals surface area contributed by atoms with E-state index in [9.17, 15) is 0 Å². The first-order valence-corrected chi connectivity index (χ1v) is 7.63. The maximum atomic E-state index is 5.95. The molecule has 0 heterocycles. The quantitative estimate of drug-likeness (QED) is 0.512. The van der Waals surface area contributed by atoms with Crippen LogP contribution in [-0.2, 0) is 0 Å². The largest absolute Gasteiger partial charge is 0.328 e. The van der Waals surface area contributed by atoms with Crippen molar-refractivity contribution in [3.05, 3.63) is 0 Å². The SMILES string of the molecule is CCCC(N)CCNCCCCCCC(C)C. The highest BCUT2D eigenvalue weighted by Gasteiger charge is 1.99. The van der Waals surface area contributed by atoms with Crippen molar-refractivity contribution in [1.82, 2.24) is 5.32 Å². The molecular weight excluding hydrogens is 208 g/mol. The zero-order chi connectivity index (χ0) is 12.9. The van der Waals surface area contributed by atoms with Crippen LogP contribution in [0.25, 0.3) is 0 Å². The molecular formula is C15H34N2. The standard InChI is InChI=1S/C15H34N2/c1-4-9-15(16)11-13-17-12-8-6-5-7-10-14(2)3/h14-15,17H,4-13,16H2,1-3H3. The lowest BCUT2D eigenvalue weighted by Crippen LogP contribution is -2.26. The summed E-state index contributed by atoms with van der Waals surface area (Å²) in [5, 5.41) is 3.49. The van der Waals surface area contributed by atoms with Gasteiger partial charge in [-0.2, -0.15) is 0 Å². The van der Waals surface area contributed by atoms with Crippen LogP contribution in [-0.4, -0.2) is 19.1 Å². The Balaban J connectivity index is 3.03. The molecule has 0 rings (SSSR count). The van der Waals surface area contributed by atoms with E-state index >= 15 is 0 Å². The number of hydrogen-bond acceptors (Lipinski definition) is 2. The Morgan fingerprint density at radius 1 is 0.882 bits per heavy atom. The van der Waals surface area contributed by atoms with E-state index in [1.807, 2.05) is 0 Å². The molecule has 3 N–H and O–H groups in total. The minimum Gasteiger partial charge on any atom is -0.328 e. The van der Waals surface area contributed by atoms with Gasteiger partial charge < -0.3 is 11.1 Å². The molecule has 0 radical (unpaired) electrons.